The maximum Gasteiger partial charge on any atom is 0.0658 e. The van der Waals surface area contributed by atoms with Crippen LogP contribution in [0.3, 0.4) is 0 Å². The van der Waals surface area contributed by atoms with Crippen molar-refractivity contribution in [3.8, 4) is 0 Å². The van der Waals surface area contributed by atoms with E-state index in [2.05, 4.69) is 33.3 Å². The lowest BCUT2D eigenvalue weighted by atomic mass is 9.94. The van der Waals surface area contributed by atoms with Crippen LogP contribution in [0.15, 0.2) is 10.7 Å². The molecule has 2 atom stereocenters. The predicted molar refractivity (Wildman–Crippen MR) is 75.7 cm³/mol. The first kappa shape index (κ1) is 14.0. The summed E-state index contributed by atoms with van der Waals surface area (Å²) < 4.78 is 8.28. The Morgan fingerprint density at radius 3 is 3.06 bits per heavy atom. The van der Waals surface area contributed by atoms with Crippen molar-refractivity contribution in [3.63, 3.8) is 0 Å². The molecule has 2 unspecified atom stereocenters. The number of aromatic nitrogens is 2. The van der Waals surface area contributed by atoms with Crippen molar-refractivity contribution in [1.82, 2.24) is 15.1 Å². The second kappa shape index (κ2) is 6.68. The Hall–Kier alpha value is -0.390. The van der Waals surface area contributed by atoms with Gasteiger partial charge in [-0.05, 0) is 41.2 Å². The van der Waals surface area contributed by atoms with Gasteiger partial charge in [-0.1, -0.05) is 6.92 Å². The molecule has 1 aliphatic heterocycles. The Balaban J connectivity index is 1.97. The molecule has 0 amide bonds. The first-order valence-electron chi connectivity index (χ1n) is 6.63. The Morgan fingerprint density at radius 1 is 1.56 bits per heavy atom. The molecule has 102 valence electrons. The second-order valence-electron chi connectivity index (χ2n) is 5.15. The minimum absolute atomic E-state index is 0.579. The van der Waals surface area contributed by atoms with Crippen LogP contribution in [0.2, 0.25) is 0 Å². The average Bonchev–Trinajstić information content (AvgIpc) is 2.71. The Labute approximate surface area is 117 Å². The van der Waals surface area contributed by atoms with Crippen molar-refractivity contribution >= 4 is 15.9 Å². The summed E-state index contributed by atoms with van der Waals surface area (Å²) in [4.78, 5) is 0. The standard InChI is InChI=1S/C13H22BrN3O/c1-10-3-4-11(15-8-10)7-13-12(14)9-16-17(13)5-6-18-2/h9-11,15H,3-8H2,1-2H3. The van der Waals surface area contributed by atoms with E-state index in [1.54, 1.807) is 7.11 Å². The van der Waals surface area contributed by atoms with E-state index in [4.69, 9.17) is 4.74 Å². The number of methoxy groups -OCH3 is 1. The third-order valence-electron chi connectivity index (χ3n) is 3.61. The zero-order chi connectivity index (χ0) is 13.0. The summed E-state index contributed by atoms with van der Waals surface area (Å²) in [5.74, 6) is 0.808. The first-order chi connectivity index (χ1) is 8.70. The van der Waals surface area contributed by atoms with E-state index in [0.29, 0.717) is 12.6 Å². The molecule has 2 rings (SSSR count). The SMILES string of the molecule is COCCn1ncc(Br)c1CC1CCC(C)CN1. The highest BCUT2D eigenvalue weighted by molar-refractivity contribution is 9.10. The topological polar surface area (TPSA) is 39.1 Å². The van der Waals surface area contributed by atoms with E-state index in [-0.39, 0.29) is 0 Å². The highest BCUT2D eigenvalue weighted by atomic mass is 79.9. The van der Waals surface area contributed by atoms with Crippen molar-refractivity contribution < 1.29 is 4.74 Å². The molecule has 1 fully saturated rings. The number of nitrogens with one attached hydrogen (secondary N) is 1. The fraction of sp³-hybridized carbons (Fsp3) is 0.769. The number of ether oxygens (including phenoxy) is 1. The smallest absolute Gasteiger partial charge is 0.0658 e. The van der Waals surface area contributed by atoms with Crippen LogP contribution in [0.4, 0.5) is 0 Å². The van der Waals surface area contributed by atoms with Crippen molar-refractivity contribution in [2.75, 3.05) is 20.3 Å². The molecule has 1 N–H and O–H groups in total. The van der Waals surface area contributed by atoms with Crippen LogP contribution in [-0.4, -0.2) is 36.1 Å². The van der Waals surface area contributed by atoms with E-state index in [1.807, 2.05) is 10.9 Å². The van der Waals surface area contributed by atoms with Crippen molar-refractivity contribution in [1.29, 1.82) is 0 Å². The molecule has 1 aliphatic rings. The molecule has 0 aromatic carbocycles. The van der Waals surface area contributed by atoms with Gasteiger partial charge >= 0.3 is 0 Å². The van der Waals surface area contributed by atoms with Gasteiger partial charge in [0, 0.05) is 19.6 Å². The number of hydrogen-bond acceptors (Lipinski definition) is 3. The summed E-state index contributed by atoms with van der Waals surface area (Å²) >= 11 is 3.60. The third-order valence-corrected chi connectivity index (χ3v) is 4.27. The van der Waals surface area contributed by atoms with Gasteiger partial charge in [-0.15, -0.1) is 0 Å². The van der Waals surface area contributed by atoms with Crippen molar-refractivity contribution in [2.45, 2.75) is 38.8 Å². The lowest BCUT2D eigenvalue weighted by Gasteiger charge is -2.28. The van der Waals surface area contributed by atoms with Gasteiger partial charge in [0.2, 0.25) is 0 Å². The highest BCUT2D eigenvalue weighted by Crippen LogP contribution is 2.22. The Morgan fingerprint density at radius 2 is 2.39 bits per heavy atom. The van der Waals surface area contributed by atoms with Gasteiger partial charge in [-0.25, -0.2) is 0 Å². The molecule has 0 bridgehead atoms. The van der Waals surface area contributed by atoms with Crippen LogP contribution in [0, 0.1) is 5.92 Å². The van der Waals surface area contributed by atoms with Crippen LogP contribution in [0.25, 0.3) is 0 Å². The summed E-state index contributed by atoms with van der Waals surface area (Å²) in [5, 5.41) is 8.02. The quantitative estimate of drug-likeness (QED) is 0.905. The highest BCUT2D eigenvalue weighted by Gasteiger charge is 2.20. The number of hydrogen-bond donors (Lipinski definition) is 1. The monoisotopic (exact) mass is 315 g/mol. The summed E-state index contributed by atoms with van der Waals surface area (Å²) in [6, 6.07) is 0.579. The molecule has 0 saturated carbocycles. The van der Waals surface area contributed by atoms with Gasteiger partial charge in [0.05, 0.1) is 29.5 Å². The molecular formula is C13H22BrN3O. The van der Waals surface area contributed by atoms with Crippen molar-refractivity contribution in [3.05, 3.63) is 16.4 Å². The van der Waals surface area contributed by atoms with Crippen molar-refractivity contribution in [2.24, 2.45) is 5.92 Å². The molecule has 0 aliphatic carbocycles. The van der Waals surface area contributed by atoms with E-state index in [0.717, 1.165) is 29.9 Å². The lowest BCUT2D eigenvalue weighted by Crippen LogP contribution is -2.39. The molecule has 1 saturated heterocycles. The lowest BCUT2D eigenvalue weighted by molar-refractivity contribution is 0.182. The van der Waals surface area contributed by atoms with Gasteiger partial charge in [0.25, 0.3) is 0 Å². The van der Waals surface area contributed by atoms with Crippen LogP contribution in [0.1, 0.15) is 25.5 Å². The van der Waals surface area contributed by atoms with Gasteiger partial charge < -0.3 is 10.1 Å². The second-order valence-corrected chi connectivity index (χ2v) is 6.00. The fourth-order valence-corrected chi connectivity index (χ4v) is 2.88. The molecule has 2 heterocycles. The molecule has 0 radical (unpaired) electrons. The molecule has 1 aromatic heterocycles. The van der Waals surface area contributed by atoms with Gasteiger partial charge in [-0.3, -0.25) is 4.68 Å². The predicted octanol–water partition coefficient (Wildman–Crippen LogP) is 2.22. The van der Waals surface area contributed by atoms with E-state index in [9.17, 15) is 0 Å². The van der Waals surface area contributed by atoms with Gasteiger partial charge in [-0.2, -0.15) is 5.10 Å². The zero-order valence-electron chi connectivity index (χ0n) is 11.2. The average molecular weight is 316 g/mol. The largest absolute Gasteiger partial charge is 0.383 e. The summed E-state index contributed by atoms with van der Waals surface area (Å²) in [5.41, 5.74) is 1.28. The van der Waals surface area contributed by atoms with Crippen LogP contribution < -0.4 is 5.32 Å². The fourth-order valence-electron chi connectivity index (χ4n) is 2.43. The minimum atomic E-state index is 0.579. The van der Waals surface area contributed by atoms with Crippen LogP contribution >= 0.6 is 15.9 Å². The molecule has 18 heavy (non-hydrogen) atoms. The third kappa shape index (κ3) is 3.56. The maximum absolute atomic E-state index is 5.12. The molecule has 5 heteroatoms. The van der Waals surface area contributed by atoms with E-state index >= 15 is 0 Å². The van der Waals surface area contributed by atoms with E-state index < -0.39 is 0 Å². The number of nitrogens with zero attached hydrogens (tertiary/aromatic N) is 2. The molecular weight excluding hydrogens is 294 g/mol. The molecule has 1 aromatic rings. The number of piperidine rings is 1. The summed E-state index contributed by atoms with van der Waals surface area (Å²) in [7, 11) is 1.72. The Kier molecular flexibility index (Phi) is 5.21. The van der Waals surface area contributed by atoms with Crippen LogP contribution in [0.5, 0.6) is 0 Å². The normalized spacial score (nSPS) is 24.4. The maximum atomic E-state index is 5.12. The molecule has 0 spiro atoms. The minimum Gasteiger partial charge on any atom is -0.383 e. The number of rotatable bonds is 5. The first-order valence-corrected chi connectivity index (χ1v) is 7.42. The van der Waals surface area contributed by atoms with Gasteiger partial charge in [0.1, 0.15) is 0 Å². The summed E-state index contributed by atoms with van der Waals surface area (Å²) in [6.07, 6.45) is 5.50. The Bertz CT molecular complexity index is 372. The number of halogens is 1. The van der Waals surface area contributed by atoms with E-state index in [1.165, 1.54) is 18.5 Å². The van der Waals surface area contributed by atoms with Crippen LogP contribution in [-0.2, 0) is 17.7 Å². The molecule has 4 nitrogen and oxygen atoms in total. The zero-order valence-corrected chi connectivity index (χ0v) is 12.7. The van der Waals surface area contributed by atoms with Gasteiger partial charge in [0.15, 0.2) is 0 Å². The summed E-state index contributed by atoms with van der Waals surface area (Å²) in [6.45, 7) is 4.97.